The van der Waals surface area contributed by atoms with Crippen molar-refractivity contribution in [1.29, 1.82) is 0 Å². The van der Waals surface area contributed by atoms with Crippen LogP contribution in [-0.2, 0) is 0 Å². The predicted molar refractivity (Wildman–Crippen MR) is 211 cm³/mol. The van der Waals surface area contributed by atoms with E-state index in [-0.39, 0.29) is 0 Å². The first-order chi connectivity index (χ1) is 25.8. The third kappa shape index (κ3) is 4.38. The molecule has 0 radical (unpaired) electrons. The second-order valence-corrected chi connectivity index (χ2v) is 13.1. The smallest absolute Gasteiger partial charge is 0.164 e. The molecule has 0 saturated carbocycles. The fourth-order valence-electron chi connectivity index (χ4n) is 7.69. The maximum Gasteiger partial charge on any atom is 0.164 e. The van der Waals surface area contributed by atoms with Crippen molar-refractivity contribution in [2.24, 2.45) is 0 Å². The Hall–Kier alpha value is -7.18. The van der Waals surface area contributed by atoms with Crippen molar-refractivity contribution in [2.75, 3.05) is 0 Å². The Bertz CT molecular complexity index is 3150. The number of hydrogen-bond acceptors (Lipinski definition) is 5. The van der Waals surface area contributed by atoms with Crippen LogP contribution in [0.4, 0.5) is 0 Å². The van der Waals surface area contributed by atoms with E-state index in [1.165, 1.54) is 5.39 Å². The molecule has 0 fully saturated rings. The van der Waals surface area contributed by atoms with Crippen LogP contribution in [0, 0.1) is 0 Å². The number of furan rings is 1. The van der Waals surface area contributed by atoms with E-state index in [1.54, 1.807) is 0 Å². The Labute approximate surface area is 297 Å². The summed E-state index contributed by atoms with van der Waals surface area (Å²) in [5.41, 5.74) is 7.30. The Kier molecular flexibility index (Phi) is 6.15. The third-order valence-electron chi connectivity index (χ3n) is 10.1. The van der Waals surface area contributed by atoms with Gasteiger partial charge in [-0.2, -0.15) is 0 Å². The van der Waals surface area contributed by atoms with Gasteiger partial charge in [0.1, 0.15) is 16.8 Å². The Morgan fingerprint density at radius 2 is 1.15 bits per heavy atom. The lowest BCUT2D eigenvalue weighted by atomic mass is 10.0. The van der Waals surface area contributed by atoms with Crippen LogP contribution >= 0.6 is 0 Å². The number of nitrogens with zero attached hydrogens (tertiary/aromatic N) is 5. The van der Waals surface area contributed by atoms with Crippen molar-refractivity contribution in [3.63, 3.8) is 0 Å². The lowest BCUT2D eigenvalue weighted by molar-refractivity contribution is 0.668. The highest BCUT2D eigenvalue weighted by Crippen LogP contribution is 2.39. The number of rotatable bonds is 4. The summed E-state index contributed by atoms with van der Waals surface area (Å²) in [6.07, 6.45) is 1.84. The van der Waals surface area contributed by atoms with Crippen LogP contribution in [0.3, 0.4) is 0 Å². The number of fused-ring (bicyclic) bond motifs is 8. The summed E-state index contributed by atoms with van der Waals surface area (Å²) in [4.78, 5) is 20.3. The lowest BCUT2D eigenvalue weighted by Crippen LogP contribution is -2.01. The minimum atomic E-state index is 0.588. The predicted octanol–water partition coefficient (Wildman–Crippen LogP) is 11.6. The number of para-hydroxylation sites is 1. The van der Waals surface area contributed by atoms with E-state index >= 15 is 0 Å². The van der Waals surface area contributed by atoms with Gasteiger partial charge in [-0.15, -0.1) is 0 Å². The van der Waals surface area contributed by atoms with Crippen LogP contribution in [0.5, 0.6) is 0 Å². The molecule has 52 heavy (non-hydrogen) atoms. The summed E-state index contributed by atoms with van der Waals surface area (Å²) in [5.74, 6) is 1.82. The quantitative estimate of drug-likeness (QED) is 0.187. The Morgan fingerprint density at radius 1 is 0.442 bits per heavy atom. The average molecular weight is 666 g/mol. The molecule has 4 heterocycles. The maximum absolute atomic E-state index is 6.61. The molecule has 0 aliphatic heterocycles. The SMILES string of the molecule is c1ccc2cc(-c3nc(-c4cccc5ccccc45)nc(-c4cccc5oc6cc(-n7c8ccccc8c8cccnc87)ccc6c45)n3)ccc2c1. The van der Waals surface area contributed by atoms with Crippen molar-refractivity contribution < 1.29 is 4.42 Å². The normalized spacial score (nSPS) is 11.8. The Morgan fingerprint density at radius 3 is 2.08 bits per heavy atom. The molecule has 0 aliphatic carbocycles. The zero-order valence-corrected chi connectivity index (χ0v) is 27.7. The van der Waals surface area contributed by atoms with Crippen molar-refractivity contribution in [3.05, 3.63) is 164 Å². The molecule has 6 nitrogen and oxygen atoms in total. The molecule has 0 spiro atoms. The third-order valence-corrected chi connectivity index (χ3v) is 10.1. The van der Waals surface area contributed by atoms with Crippen molar-refractivity contribution in [3.8, 4) is 39.9 Å². The number of benzene rings is 7. The van der Waals surface area contributed by atoms with Gasteiger partial charge in [0, 0.05) is 50.5 Å². The highest BCUT2D eigenvalue weighted by Gasteiger charge is 2.20. The van der Waals surface area contributed by atoms with Crippen LogP contribution in [0.15, 0.2) is 168 Å². The molecular formula is C46H27N5O. The zero-order valence-electron chi connectivity index (χ0n) is 27.7. The van der Waals surface area contributed by atoms with Gasteiger partial charge in [0.25, 0.3) is 0 Å². The van der Waals surface area contributed by atoms with Crippen LogP contribution in [-0.4, -0.2) is 24.5 Å². The lowest BCUT2D eigenvalue weighted by Gasteiger charge is -2.11. The van der Waals surface area contributed by atoms with Crippen LogP contribution in [0.1, 0.15) is 0 Å². The number of aromatic nitrogens is 5. The molecule has 7 aromatic carbocycles. The van der Waals surface area contributed by atoms with Crippen LogP contribution in [0.25, 0.3) is 105 Å². The molecule has 11 aromatic rings. The molecule has 0 atom stereocenters. The number of pyridine rings is 1. The minimum Gasteiger partial charge on any atom is -0.456 e. The molecular weight excluding hydrogens is 639 g/mol. The molecule has 0 N–H and O–H groups in total. The molecule has 11 rings (SSSR count). The largest absolute Gasteiger partial charge is 0.456 e. The van der Waals surface area contributed by atoms with Gasteiger partial charge in [-0.1, -0.05) is 109 Å². The zero-order chi connectivity index (χ0) is 34.2. The van der Waals surface area contributed by atoms with E-state index in [0.717, 1.165) is 82.4 Å². The van der Waals surface area contributed by atoms with Gasteiger partial charge in [-0.25, -0.2) is 19.9 Å². The second-order valence-electron chi connectivity index (χ2n) is 13.1. The first-order valence-corrected chi connectivity index (χ1v) is 17.3. The topological polar surface area (TPSA) is 69.6 Å². The average Bonchev–Trinajstić information content (AvgIpc) is 3.76. The summed E-state index contributed by atoms with van der Waals surface area (Å²) in [5, 5.41) is 8.75. The monoisotopic (exact) mass is 665 g/mol. The van der Waals surface area contributed by atoms with E-state index in [0.29, 0.717) is 17.5 Å². The van der Waals surface area contributed by atoms with E-state index in [9.17, 15) is 0 Å². The van der Waals surface area contributed by atoms with Crippen LogP contribution in [0.2, 0.25) is 0 Å². The van der Waals surface area contributed by atoms with Gasteiger partial charge in [0.2, 0.25) is 0 Å². The summed E-state index contributed by atoms with van der Waals surface area (Å²) >= 11 is 0. The van der Waals surface area contributed by atoms with Gasteiger partial charge in [-0.3, -0.25) is 4.57 Å². The summed E-state index contributed by atoms with van der Waals surface area (Å²) in [6, 6.07) is 54.4. The van der Waals surface area contributed by atoms with E-state index in [1.807, 2.05) is 24.4 Å². The second kappa shape index (κ2) is 11.2. The fourth-order valence-corrected chi connectivity index (χ4v) is 7.69. The Balaban J connectivity index is 1.14. The first kappa shape index (κ1) is 28.6. The fraction of sp³-hybridized carbons (Fsp3) is 0. The molecule has 0 bridgehead atoms. The van der Waals surface area contributed by atoms with Gasteiger partial charge < -0.3 is 4.42 Å². The van der Waals surface area contributed by atoms with Crippen molar-refractivity contribution in [2.45, 2.75) is 0 Å². The molecule has 6 heteroatoms. The van der Waals surface area contributed by atoms with E-state index in [2.05, 4.69) is 144 Å². The summed E-state index contributed by atoms with van der Waals surface area (Å²) < 4.78 is 8.81. The highest BCUT2D eigenvalue weighted by molar-refractivity contribution is 6.13. The standard InChI is InChI=1S/C46H27N5O/c1-2-12-30-26-31(22-21-28(30)10-1)43-48-44(35-16-7-13-29-11-3-4-14-33(29)35)50-45(49-43)38-17-8-20-40-42(38)37-24-23-32(27-41(37)52-40)51-39-19-6-5-15-34(39)36-18-9-25-47-46(36)51/h1-27H. The van der Waals surface area contributed by atoms with Gasteiger partial charge in [0.05, 0.1) is 11.2 Å². The molecule has 0 amide bonds. The van der Waals surface area contributed by atoms with E-state index < -0.39 is 0 Å². The van der Waals surface area contributed by atoms with Gasteiger partial charge in [-0.05, 0) is 64.0 Å². The molecule has 0 saturated heterocycles. The van der Waals surface area contributed by atoms with Crippen molar-refractivity contribution >= 4 is 65.4 Å². The first-order valence-electron chi connectivity index (χ1n) is 17.3. The number of hydrogen-bond donors (Lipinski definition) is 0. The molecule has 0 aliphatic rings. The molecule has 0 unspecified atom stereocenters. The van der Waals surface area contributed by atoms with Gasteiger partial charge in [0.15, 0.2) is 17.5 Å². The molecule has 4 aromatic heterocycles. The van der Waals surface area contributed by atoms with Gasteiger partial charge >= 0.3 is 0 Å². The van der Waals surface area contributed by atoms with E-state index in [4.69, 9.17) is 24.4 Å². The summed E-state index contributed by atoms with van der Waals surface area (Å²) in [6.45, 7) is 0. The summed E-state index contributed by atoms with van der Waals surface area (Å²) in [7, 11) is 0. The molecule has 242 valence electrons. The van der Waals surface area contributed by atoms with Crippen molar-refractivity contribution in [1.82, 2.24) is 24.5 Å². The van der Waals surface area contributed by atoms with Crippen LogP contribution < -0.4 is 0 Å². The minimum absolute atomic E-state index is 0.588. The maximum atomic E-state index is 6.61. The highest BCUT2D eigenvalue weighted by atomic mass is 16.3.